The van der Waals surface area contributed by atoms with Crippen LogP contribution in [0.15, 0.2) is 12.1 Å². The molecule has 0 spiro atoms. The number of aromatic nitrogens is 2. The van der Waals surface area contributed by atoms with Crippen LogP contribution in [0.1, 0.15) is 12.8 Å². The Labute approximate surface area is 140 Å². The van der Waals surface area contributed by atoms with Gasteiger partial charge in [0, 0.05) is 30.2 Å². The van der Waals surface area contributed by atoms with Gasteiger partial charge in [0.1, 0.15) is 5.52 Å². The second kappa shape index (κ2) is 5.78. The van der Waals surface area contributed by atoms with Crippen molar-refractivity contribution in [3.63, 3.8) is 0 Å². The van der Waals surface area contributed by atoms with E-state index in [0.29, 0.717) is 13.1 Å². The van der Waals surface area contributed by atoms with E-state index < -0.39 is 18.0 Å². The second-order valence-electron chi connectivity index (χ2n) is 5.90. The van der Waals surface area contributed by atoms with E-state index in [1.807, 2.05) is 0 Å². The van der Waals surface area contributed by atoms with Gasteiger partial charge in [0.15, 0.2) is 5.82 Å². The van der Waals surface area contributed by atoms with Gasteiger partial charge in [0.05, 0.1) is 5.39 Å². The number of piperazine rings is 1. The number of carbonyl (C=O) groups is 1. The minimum absolute atomic E-state index is 0.0366. The fourth-order valence-corrected chi connectivity index (χ4v) is 3.60. The average Bonchev–Trinajstić information content (AvgIpc) is 2.78. The molecule has 2 fully saturated rings. The maximum absolute atomic E-state index is 13.9. The van der Waals surface area contributed by atoms with Gasteiger partial charge < -0.3 is 10.1 Å². The molecule has 2 saturated heterocycles. The van der Waals surface area contributed by atoms with Gasteiger partial charge in [0.25, 0.3) is 0 Å². The summed E-state index contributed by atoms with van der Waals surface area (Å²) in [5.41, 5.74) is -0.280. The van der Waals surface area contributed by atoms with Crippen molar-refractivity contribution in [3.05, 3.63) is 29.1 Å². The number of halogens is 3. The highest BCUT2D eigenvalue weighted by Crippen LogP contribution is 2.31. The molecule has 24 heavy (non-hydrogen) atoms. The number of amides is 1. The van der Waals surface area contributed by atoms with Gasteiger partial charge in [0.2, 0.25) is 5.88 Å². The van der Waals surface area contributed by atoms with E-state index in [1.54, 1.807) is 4.90 Å². The first kappa shape index (κ1) is 15.5. The fraction of sp³-hybridized carbons (Fsp3) is 0.400. The van der Waals surface area contributed by atoms with E-state index in [9.17, 15) is 13.6 Å². The number of carbonyl (C=O) groups excluding carboxylic acids is 1. The zero-order chi connectivity index (χ0) is 16.8. The summed E-state index contributed by atoms with van der Waals surface area (Å²) in [6.45, 7) is 1.37. The highest BCUT2D eigenvalue weighted by atomic mass is 35.5. The Bertz CT molecular complexity index is 819. The third-order valence-corrected chi connectivity index (χ3v) is 4.65. The SMILES string of the molecule is O=C(Oc1nc(F)nc2c(F)cc(Cl)cc12)N1C2CCC1CNC2. The molecule has 0 aliphatic carbocycles. The molecule has 0 radical (unpaired) electrons. The molecule has 2 atom stereocenters. The number of nitrogens with zero attached hydrogens (tertiary/aromatic N) is 3. The number of hydrogen-bond donors (Lipinski definition) is 1. The molecule has 2 unspecified atom stereocenters. The first-order valence-electron chi connectivity index (χ1n) is 7.56. The molecular formula is C15H13ClF2N4O2. The Morgan fingerprint density at radius 1 is 1.25 bits per heavy atom. The normalized spacial score (nSPS) is 22.9. The van der Waals surface area contributed by atoms with E-state index >= 15 is 0 Å². The third kappa shape index (κ3) is 2.55. The first-order chi connectivity index (χ1) is 11.5. The van der Waals surface area contributed by atoms with Crippen LogP contribution in [0.5, 0.6) is 5.88 Å². The summed E-state index contributed by atoms with van der Waals surface area (Å²) in [4.78, 5) is 21.1. The van der Waals surface area contributed by atoms with Gasteiger partial charge in [-0.15, -0.1) is 0 Å². The minimum Gasteiger partial charge on any atom is -0.390 e. The number of fused-ring (bicyclic) bond motifs is 3. The lowest BCUT2D eigenvalue weighted by atomic mass is 10.2. The summed E-state index contributed by atoms with van der Waals surface area (Å²) in [5, 5.41) is 3.38. The summed E-state index contributed by atoms with van der Waals surface area (Å²) in [5.74, 6) is -1.14. The van der Waals surface area contributed by atoms with Gasteiger partial charge >= 0.3 is 12.2 Å². The molecule has 4 rings (SSSR count). The topological polar surface area (TPSA) is 67.3 Å². The largest absolute Gasteiger partial charge is 0.417 e. The number of benzene rings is 1. The van der Waals surface area contributed by atoms with Crippen molar-refractivity contribution >= 4 is 28.6 Å². The van der Waals surface area contributed by atoms with Crippen molar-refractivity contribution in [2.24, 2.45) is 0 Å². The lowest BCUT2D eigenvalue weighted by molar-refractivity contribution is 0.114. The van der Waals surface area contributed by atoms with Crippen LogP contribution < -0.4 is 10.1 Å². The number of nitrogens with one attached hydrogen (secondary N) is 1. The highest BCUT2D eigenvalue weighted by molar-refractivity contribution is 6.31. The molecule has 6 nitrogen and oxygen atoms in total. The van der Waals surface area contributed by atoms with Crippen molar-refractivity contribution < 1.29 is 18.3 Å². The molecule has 2 aliphatic heterocycles. The van der Waals surface area contributed by atoms with Crippen LogP contribution in [0.25, 0.3) is 10.9 Å². The molecule has 3 heterocycles. The molecule has 2 bridgehead atoms. The molecule has 0 saturated carbocycles. The molecule has 126 valence electrons. The van der Waals surface area contributed by atoms with E-state index in [-0.39, 0.29) is 33.9 Å². The lowest BCUT2D eigenvalue weighted by Crippen LogP contribution is -2.55. The number of hydrogen-bond acceptors (Lipinski definition) is 5. The number of rotatable bonds is 1. The van der Waals surface area contributed by atoms with Gasteiger partial charge in [-0.25, -0.2) is 9.18 Å². The monoisotopic (exact) mass is 354 g/mol. The van der Waals surface area contributed by atoms with Crippen LogP contribution in [0, 0.1) is 11.9 Å². The average molecular weight is 355 g/mol. The smallest absolute Gasteiger partial charge is 0.390 e. The Balaban J connectivity index is 1.70. The van der Waals surface area contributed by atoms with Gasteiger partial charge in [-0.3, -0.25) is 4.90 Å². The Morgan fingerprint density at radius 3 is 2.67 bits per heavy atom. The van der Waals surface area contributed by atoms with Crippen molar-refractivity contribution in [2.75, 3.05) is 13.1 Å². The molecule has 1 aromatic heterocycles. The quantitative estimate of drug-likeness (QED) is 0.797. The van der Waals surface area contributed by atoms with Crippen LogP contribution in [0.4, 0.5) is 13.6 Å². The molecule has 2 aromatic rings. The standard InChI is InChI=1S/C15H13ClF2N4O2/c16-7-3-10-12(11(17)4-7)20-14(18)21-13(10)24-15(23)22-8-1-2-9(22)6-19-5-8/h3-4,8-9,19H,1-2,5-6H2. The van der Waals surface area contributed by atoms with Crippen molar-refractivity contribution in [1.29, 1.82) is 0 Å². The van der Waals surface area contributed by atoms with Gasteiger partial charge in [-0.05, 0) is 25.0 Å². The van der Waals surface area contributed by atoms with Crippen molar-refractivity contribution in [2.45, 2.75) is 24.9 Å². The highest BCUT2D eigenvalue weighted by Gasteiger charge is 2.41. The van der Waals surface area contributed by atoms with E-state index in [1.165, 1.54) is 6.07 Å². The van der Waals surface area contributed by atoms with Crippen LogP contribution in [0.3, 0.4) is 0 Å². The maximum Gasteiger partial charge on any atom is 0.417 e. The zero-order valence-corrected chi connectivity index (χ0v) is 13.2. The first-order valence-corrected chi connectivity index (χ1v) is 7.94. The summed E-state index contributed by atoms with van der Waals surface area (Å²) in [7, 11) is 0. The predicted molar refractivity (Wildman–Crippen MR) is 82.0 cm³/mol. The zero-order valence-electron chi connectivity index (χ0n) is 12.4. The summed E-state index contributed by atoms with van der Waals surface area (Å²) in [6, 6.07) is 2.43. The maximum atomic E-state index is 13.9. The molecule has 9 heteroatoms. The summed E-state index contributed by atoms with van der Waals surface area (Å²) in [6.07, 6.45) is -0.0309. The molecule has 2 aliphatic rings. The Hall–Kier alpha value is -2.06. The summed E-state index contributed by atoms with van der Waals surface area (Å²) < 4.78 is 32.8. The van der Waals surface area contributed by atoms with Crippen LogP contribution in [0.2, 0.25) is 5.02 Å². The van der Waals surface area contributed by atoms with E-state index in [4.69, 9.17) is 16.3 Å². The van der Waals surface area contributed by atoms with Crippen LogP contribution in [-0.4, -0.2) is 46.1 Å². The Kier molecular flexibility index (Phi) is 3.73. The molecule has 1 N–H and O–H groups in total. The molecule has 1 aromatic carbocycles. The molecular weight excluding hydrogens is 342 g/mol. The van der Waals surface area contributed by atoms with Crippen LogP contribution in [-0.2, 0) is 0 Å². The fourth-order valence-electron chi connectivity index (χ4n) is 3.39. The minimum atomic E-state index is -1.17. The van der Waals surface area contributed by atoms with Gasteiger partial charge in [-0.2, -0.15) is 14.4 Å². The van der Waals surface area contributed by atoms with Crippen molar-refractivity contribution in [3.8, 4) is 5.88 Å². The van der Waals surface area contributed by atoms with Crippen molar-refractivity contribution in [1.82, 2.24) is 20.2 Å². The van der Waals surface area contributed by atoms with E-state index in [2.05, 4.69) is 15.3 Å². The predicted octanol–water partition coefficient (Wildman–Crippen LogP) is 2.50. The molecule has 1 amide bonds. The second-order valence-corrected chi connectivity index (χ2v) is 6.34. The van der Waals surface area contributed by atoms with E-state index in [0.717, 1.165) is 18.9 Å². The Morgan fingerprint density at radius 2 is 1.96 bits per heavy atom. The lowest BCUT2D eigenvalue weighted by Gasteiger charge is -2.34. The summed E-state index contributed by atoms with van der Waals surface area (Å²) >= 11 is 5.83. The van der Waals surface area contributed by atoms with Crippen LogP contribution >= 0.6 is 11.6 Å². The number of ether oxygens (including phenoxy) is 1. The third-order valence-electron chi connectivity index (χ3n) is 4.43. The van der Waals surface area contributed by atoms with Gasteiger partial charge in [-0.1, -0.05) is 11.6 Å².